The first-order chi connectivity index (χ1) is 18.2. The number of rotatable bonds is 15. The van der Waals surface area contributed by atoms with Crippen LogP contribution in [0.5, 0.6) is 0 Å². The molecule has 9 nitrogen and oxygen atoms in total. The highest BCUT2D eigenvalue weighted by Crippen LogP contribution is 2.28. The zero-order valence-corrected chi connectivity index (χ0v) is 24.1. The van der Waals surface area contributed by atoms with E-state index < -0.39 is 24.0 Å². The lowest BCUT2D eigenvalue weighted by Crippen LogP contribution is -2.53. The van der Waals surface area contributed by atoms with Crippen LogP contribution in [0, 0.1) is 11.8 Å². The van der Waals surface area contributed by atoms with Crippen molar-refractivity contribution in [3.63, 3.8) is 0 Å². The van der Waals surface area contributed by atoms with Crippen LogP contribution in [-0.4, -0.2) is 87.9 Å². The van der Waals surface area contributed by atoms with E-state index in [1.807, 2.05) is 42.3 Å². The highest BCUT2D eigenvalue weighted by molar-refractivity contribution is 5.86. The number of carbonyl (C=O) groups excluding carboxylic acids is 3. The van der Waals surface area contributed by atoms with E-state index in [4.69, 9.17) is 14.2 Å². The molecular formula is C29H47N3O6. The van der Waals surface area contributed by atoms with Crippen LogP contribution in [0.3, 0.4) is 0 Å². The second kappa shape index (κ2) is 15.8. The summed E-state index contributed by atoms with van der Waals surface area (Å²) in [6.45, 7) is 6.66. The predicted molar refractivity (Wildman–Crippen MR) is 147 cm³/mol. The standard InChI is InChI=1S/C29H47N3O6/c1-8-19(2)26(30-4)24(36-5)18-25(33)32-16-12-15-23(32)27(37-6)20(3)28(34)31-22(29(35)38-7)17-21-13-10-9-11-14-21/h9-11,13-14,19-20,22-24,26-27,30H,8,12,15-18H2,1-7H3,(H,31,34). The molecule has 7 atom stereocenters. The van der Waals surface area contributed by atoms with Gasteiger partial charge in [0, 0.05) is 33.2 Å². The molecule has 0 radical (unpaired) electrons. The first-order valence-electron chi connectivity index (χ1n) is 13.7. The van der Waals surface area contributed by atoms with Gasteiger partial charge < -0.3 is 29.7 Å². The normalized spacial score (nSPS) is 20.2. The fourth-order valence-electron chi connectivity index (χ4n) is 5.51. The Kier molecular flexibility index (Phi) is 13.2. The Morgan fingerprint density at radius 3 is 2.32 bits per heavy atom. The average molecular weight is 534 g/mol. The van der Waals surface area contributed by atoms with E-state index >= 15 is 0 Å². The highest BCUT2D eigenvalue weighted by atomic mass is 16.5. The van der Waals surface area contributed by atoms with Crippen molar-refractivity contribution in [3.05, 3.63) is 35.9 Å². The number of hydrogen-bond donors (Lipinski definition) is 2. The second-order valence-electron chi connectivity index (χ2n) is 10.2. The summed E-state index contributed by atoms with van der Waals surface area (Å²) in [5, 5.41) is 6.17. The molecule has 2 amide bonds. The van der Waals surface area contributed by atoms with Crippen LogP contribution in [0.2, 0.25) is 0 Å². The maximum Gasteiger partial charge on any atom is 0.328 e. The Morgan fingerprint density at radius 2 is 1.76 bits per heavy atom. The molecule has 214 valence electrons. The van der Waals surface area contributed by atoms with Crippen LogP contribution in [0.15, 0.2) is 30.3 Å². The maximum atomic E-state index is 13.5. The topological polar surface area (TPSA) is 106 Å². The smallest absolute Gasteiger partial charge is 0.328 e. The first-order valence-corrected chi connectivity index (χ1v) is 13.7. The highest BCUT2D eigenvalue weighted by Gasteiger charge is 2.41. The zero-order chi connectivity index (χ0) is 28.2. The Labute approximate surface area is 228 Å². The summed E-state index contributed by atoms with van der Waals surface area (Å²) in [7, 11) is 6.41. The zero-order valence-electron chi connectivity index (χ0n) is 24.1. The van der Waals surface area contributed by atoms with Gasteiger partial charge in [-0.2, -0.15) is 0 Å². The van der Waals surface area contributed by atoms with Gasteiger partial charge in [-0.05, 0) is 31.4 Å². The van der Waals surface area contributed by atoms with Gasteiger partial charge in [-0.1, -0.05) is 57.5 Å². The summed E-state index contributed by atoms with van der Waals surface area (Å²) in [6, 6.07) is 8.46. The molecular weight excluding hydrogens is 486 g/mol. The lowest BCUT2D eigenvalue weighted by Gasteiger charge is -2.36. The summed E-state index contributed by atoms with van der Waals surface area (Å²) < 4.78 is 16.5. The molecule has 1 heterocycles. The van der Waals surface area contributed by atoms with Crippen LogP contribution >= 0.6 is 0 Å². The van der Waals surface area contributed by atoms with E-state index in [9.17, 15) is 14.4 Å². The van der Waals surface area contributed by atoms with Crippen LogP contribution in [0.25, 0.3) is 0 Å². The number of nitrogens with zero attached hydrogens (tertiary/aromatic N) is 1. The van der Waals surface area contributed by atoms with Gasteiger partial charge in [-0.25, -0.2) is 4.79 Å². The number of benzene rings is 1. The summed E-state index contributed by atoms with van der Waals surface area (Å²) in [4.78, 5) is 41.1. The molecule has 0 saturated carbocycles. The largest absolute Gasteiger partial charge is 0.467 e. The third kappa shape index (κ3) is 8.25. The molecule has 2 N–H and O–H groups in total. The third-order valence-corrected chi connectivity index (χ3v) is 7.93. The van der Waals surface area contributed by atoms with Gasteiger partial charge in [0.05, 0.1) is 37.7 Å². The number of likely N-dealkylation sites (N-methyl/N-ethyl adjacent to an activating group) is 1. The van der Waals surface area contributed by atoms with E-state index in [2.05, 4.69) is 24.5 Å². The van der Waals surface area contributed by atoms with Gasteiger partial charge in [0.15, 0.2) is 0 Å². The van der Waals surface area contributed by atoms with E-state index in [0.29, 0.717) is 18.9 Å². The minimum absolute atomic E-state index is 0.00549. The van der Waals surface area contributed by atoms with Gasteiger partial charge in [-0.3, -0.25) is 9.59 Å². The minimum Gasteiger partial charge on any atom is -0.467 e. The molecule has 1 aromatic carbocycles. The molecule has 0 aromatic heterocycles. The second-order valence-corrected chi connectivity index (χ2v) is 10.2. The number of ether oxygens (including phenoxy) is 3. The molecule has 0 aliphatic carbocycles. The van der Waals surface area contributed by atoms with Crippen LogP contribution in [0.1, 0.15) is 52.0 Å². The number of carbonyl (C=O) groups is 3. The average Bonchev–Trinajstić information content (AvgIpc) is 3.42. The molecule has 1 aliphatic rings. The van der Waals surface area contributed by atoms with E-state index in [1.54, 1.807) is 21.1 Å². The van der Waals surface area contributed by atoms with Crippen molar-refractivity contribution in [2.24, 2.45) is 11.8 Å². The maximum absolute atomic E-state index is 13.5. The van der Waals surface area contributed by atoms with Crippen molar-refractivity contribution in [1.29, 1.82) is 0 Å². The fourth-order valence-corrected chi connectivity index (χ4v) is 5.51. The molecule has 1 aliphatic heterocycles. The van der Waals surface area contributed by atoms with Gasteiger partial charge in [0.25, 0.3) is 0 Å². The molecule has 9 heteroatoms. The number of amides is 2. The first kappa shape index (κ1) is 31.7. The summed E-state index contributed by atoms with van der Waals surface area (Å²) >= 11 is 0. The molecule has 1 saturated heterocycles. The van der Waals surface area contributed by atoms with Gasteiger partial charge >= 0.3 is 5.97 Å². The predicted octanol–water partition coefficient (Wildman–Crippen LogP) is 2.57. The Bertz CT molecular complexity index is 882. The van der Waals surface area contributed by atoms with Crippen LogP contribution < -0.4 is 10.6 Å². The number of nitrogens with one attached hydrogen (secondary N) is 2. The van der Waals surface area contributed by atoms with Crippen molar-refractivity contribution in [3.8, 4) is 0 Å². The summed E-state index contributed by atoms with van der Waals surface area (Å²) in [6.07, 6.45) is 2.34. The molecule has 7 unspecified atom stereocenters. The minimum atomic E-state index is -0.822. The van der Waals surface area contributed by atoms with Crippen LogP contribution in [-0.2, 0) is 35.0 Å². The lowest BCUT2D eigenvalue weighted by atomic mass is 9.91. The molecule has 0 spiro atoms. The number of hydrogen-bond acceptors (Lipinski definition) is 7. The molecule has 1 fully saturated rings. The van der Waals surface area contributed by atoms with E-state index in [1.165, 1.54) is 7.11 Å². The van der Waals surface area contributed by atoms with Crippen molar-refractivity contribution < 1.29 is 28.6 Å². The Morgan fingerprint density at radius 1 is 1.08 bits per heavy atom. The Hall–Kier alpha value is -2.49. The fraction of sp³-hybridized carbons (Fsp3) is 0.690. The molecule has 1 aromatic rings. The summed E-state index contributed by atoms with van der Waals surface area (Å²) in [5.41, 5.74) is 0.914. The van der Waals surface area contributed by atoms with Crippen molar-refractivity contribution in [1.82, 2.24) is 15.5 Å². The number of esters is 1. The lowest BCUT2D eigenvalue weighted by molar-refractivity contribution is -0.147. The monoisotopic (exact) mass is 533 g/mol. The SMILES string of the molecule is CCC(C)C(NC)C(CC(=O)N1CCCC1C(OC)C(C)C(=O)NC(Cc1ccccc1)C(=O)OC)OC. The number of likely N-dealkylation sites (tertiary alicyclic amines) is 1. The van der Waals surface area contributed by atoms with Gasteiger partial charge in [-0.15, -0.1) is 0 Å². The van der Waals surface area contributed by atoms with Crippen molar-refractivity contribution >= 4 is 17.8 Å². The molecule has 2 rings (SSSR count). The quantitative estimate of drug-likeness (QED) is 0.334. The van der Waals surface area contributed by atoms with Crippen LogP contribution in [0.4, 0.5) is 0 Å². The van der Waals surface area contributed by atoms with Crippen molar-refractivity contribution in [2.45, 2.75) is 83.2 Å². The number of methoxy groups -OCH3 is 3. The van der Waals surface area contributed by atoms with E-state index in [0.717, 1.165) is 24.8 Å². The summed E-state index contributed by atoms with van der Waals surface area (Å²) in [5.74, 6) is -1.07. The van der Waals surface area contributed by atoms with Gasteiger partial charge in [0.2, 0.25) is 11.8 Å². The third-order valence-electron chi connectivity index (χ3n) is 7.93. The van der Waals surface area contributed by atoms with Gasteiger partial charge in [0.1, 0.15) is 6.04 Å². The Balaban J connectivity index is 2.13. The molecule has 38 heavy (non-hydrogen) atoms. The molecule has 0 bridgehead atoms. The van der Waals surface area contributed by atoms with E-state index in [-0.39, 0.29) is 36.4 Å². The van der Waals surface area contributed by atoms with Crippen molar-refractivity contribution in [2.75, 3.05) is 34.9 Å².